The lowest BCUT2D eigenvalue weighted by molar-refractivity contribution is 0.0954. The summed E-state index contributed by atoms with van der Waals surface area (Å²) >= 11 is 0. The molecule has 0 saturated heterocycles. The van der Waals surface area contributed by atoms with Crippen LogP contribution >= 0.6 is 0 Å². The number of phenols is 1. The lowest BCUT2D eigenvalue weighted by Gasteiger charge is -2.07. The molecule has 0 fully saturated rings. The quantitative estimate of drug-likeness (QED) is 0.671. The summed E-state index contributed by atoms with van der Waals surface area (Å²) in [4.78, 5) is 12.1. The van der Waals surface area contributed by atoms with Gasteiger partial charge >= 0.3 is 0 Å². The second kappa shape index (κ2) is 6.22. The number of hydrogen-bond donors (Lipinski definition) is 2. The number of nitrogens with zero attached hydrogens (tertiary/aromatic N) is 1. The SMILES string of the molecule is CC(=NNC(=O)c1ccccc1C)c1cc(C)ccc1O. The van der Waals surface area contributed by atoms with Gasteiger partial charge in [-0.05, 0) is 44.5 Å². The van der Waals surface area contributed by atoms with Crippen LogP contribution in [0.1, 0.15) is 34.0 Å². The van der Waals surface area contributed by atoms with Gasteiger partial charge in [0.2, 0.25) is 0 Å². The fourth-order valence-corrected chi connectivity index (χ4v) is 2.02. The van der Waals surface area contributed by atoms with Crippen molar-refractivity contribution in [3.8, 4) is 5.75 Å². The van der Waals surface area contributed by atoms with Crippen LogP contribution in [0.3, 0.4) is 0 Å². The first-order valence-electron chi connectivity index (χ1n) is 6.69. The number of aryl methyl sites for hydroxylation is 2. The van der Waals surface area contributed by atoms with Gasteiger partial charge in [-0.15, -0.1) is 0 Å². The number of benzene rings is 2. The number of carbonyl (C=O) groups excluding carboxylic acids is 1. The number of hydrazone groups is 1. The minimum atomic E-state index is -0.264. The molecule has 4 nitrogen and oxygen atoms in total. The molecule has 0 aliphatic rings. The highest BCUT2D eigenvalue weighted by molar-refractivity contribution is 6.03. The Balaban J connectivity index is 2.19. The summed E-state index contributed by atoms with van der Waals surface area (Å²) < 4.78 is 0. The van der Waals surface area contributed by atoms with Crippen molar-refractivity contribution in [1.82, 2.24) is 5.43 Å². The second-order valence-electron chi connectivity index (χ2n) is 4.97. The summed E-state index contributed by atoms with van der Waals surface area (Å²) in [5.41, 5.74) is 6.18. The van der Waals surface area contributed by atoms with Crippen molar-refractivity contribution >= 4 is 11.6 Å². The molecule has 0 atom stereocenters. The number of aromatic hydroxyl groups is 1. The zero-order valence-electron chi connectivity index (χ0n) is 12.3. The molecule has 0 bridgehead atoms. The van der Waals surface area contributed by atoms with Gasteiger partial charge in [0.05, 0.1) is 5.71 Å². The predicted molar refractivity (Wildman–Crippen MR) is 83.7 cm³/mol. The van der Waals surface area contributed by atoms with E-state index in [-0.39, 0.29) is 11.7 Å². The average molecular weight is 282 g/mol. The van der Waals surface area contributed by atoms with Crippen molar-refractivity contribution in [2.45, 2.75) is 20.8 Å². The Kier molecular flexibility index (Phi) is 4.38. The molecule has 0 aliphatic heterocycles. The van der Waals surface area contributed by atoms with Crippen LogP contribution < -0.4 is 5.43 Å². The molecular formula is C17H18N2O2. The summed E-state index contributed by atoms with van der Waals surface area (Å²) in [7, 11) is 0. The van der Waals surface area contributed by atoms with Gasteiger partial charge in [0, 0.05) is 11.1 Å². The van der Waals surface area contributed by atoms with Crippen molar-refractivity contribution < 1.29 is 9.90 Å². The highest BCUT2D eigenvalue weighted by Crippen LogP contribution is 2.18. The van der Waals surface area contributed by atoms with Crippen molar-refractivity contribution in [3.63, 3.8) is 0 Å². The molecule has 108 valence electrons. The van der Waals surface area contributed by atoms with Crippen LogP contribution in [-0.2, 0) is 0 Å². The summed E-state index contributed by atoms with van der Waals surface area (Å²) in [6.45, 7) is 5.55. The van der Waals surface area contributed by atoms with Gasteiger partial charge < -0.3 is 5.11 Å². The third kappa shape index (κ3) is 3.48. The van der Waals surface area contributed by atoms with Gasteiger partial charge in [0.15, 0.2) is 0 Å². The maximum absolute atomic E-state index is 12.1. The van der Waals surface area contributed by atoms with E-state index in [0.717, 1.165) is 11.1 Å². The monoisotopic (exact) mass is 282 g/mol. The van der Waals surface area contributed by atoms with E-state index >= 15 is 0 Å². The molecule has 0 aromatic heterocycles. The maximum atomic E-state index is 12.1. The highest BCUT2D eigenvalue weighted by atomic mass is 16.3. The van der Waals surface area contributed by atoms with Crippen molar-refractivity contribution in [2.75, 3.05) is 0 Å². The fraction of sp³-hybridized carbons (Fsp3) is 0.176. The maximum Gasteiger partial charge on any atom is 0.271 e. The standard InChI is InChI=1S/C17H18N2O2/c1-11-8-9-16(20)15(10-11)13(3)18-19-17(21)14-7-5-4-6-12(14)2/h4-10,20H,1-3H3,(H,19,21). The summed E-state index contributed by atoms with van der Waals surface area (Å²) in [5.74, 6) is -0.119. The van der Waals surface area contributed by atoms with Crippen LogP contribution in [-0.4, -0.2) is 16.7 Å². The molecule has 0 spiro atoms. The third-order valence-corrected chi connectivity index (χ3v) is 3.26. The molecule has 0 heterocycles. The van der Waals surface area contributed by atoms with E-state index in [1.165, 1.54) is 0 Å². The van der Waals surface area contributed by atoms with Crippen LogP contribution in [0.25, 0.3) is 0 Å². The minimum absolute atomic E-state index is 0.145. The molecule has 0 radical (unpaired) electrons. The van der Waals surface area contributed by atoms with Crippen LogP contribution in [0.2, 0.25) is 0 Å². The smallest absolute Gasteiger partial charge is 0.271 e. The number of nitrogens with one attached hydrogen (secondary N) is 1. The zero-order valence-corrected chi connectivity index (χ0v) is 12.3. The number of phenolic OH excluding ortho intramolecular Hbond substituents is 1. The number of carbonyl (C=O) groups is 1. The zero-order chi connectivity index (χ0) is 15.4. The Morgan fingerprint density at radius 2 is 1.81 bits per heavy atom. The second-order valence-corrected chi connectivity index (χ2v) is 4.97. The number of rotatable bonds is 3. The van der Waals surface area contributed by atoms with Gasteiger partial charge in [-0.3, -0.25) is 4.79 Å². The minimum Gasteiger partial charge on any atom is -0.507 e. The van der Waals surface area contributed by atoms with E-state index in [9.17, 15) is 9.90 Å². The average Bonchev–Trinajstić information content (AvgIpc) is 2.47. The van der Waals surface area contributed by atoms with E-state index < -0.39 is 0 Å². The summed E-state index contributed by atoms with van der Waals surface area (Å²) in [6.07, 6.45) is 0. The van der Waals surface area contributed by atoms with E-state index in [1.807, 2.05) is 44.2 Å². The molecule has 2 rings (SSSR count). The Morgan fingerprint density at radius 1 is 1.10 bits per heavy atom. The first kappa shape index (κ1) is 14.8. The van der Waals surface area contributed by atoms with Crippen molar-refractivity contribution in [3.05, 3.63) is 64.7 Å². The largest absolute Gasteiger partial charge is 0.507 e. The van der Waals surface area contributed by atoms with Gasteiger partial charge in [-0.25, -0.2) is 5.43 Å². The molecule has 2 aromatic carbocycles. The first-order chi connectivity index (χ1) is 9.99. The van der Waals surface area contributed by atoms with Crippen LogP contribution in [0.4, 0.5) is 0 Å². The molecule has 2 N–H and O–H groups in total. The molecule has 0 aliphatic carbocycles. The Labute approximate surface area is 124 Å². The lowest BCUT2D eigenvalue weighted by Crippen LogP contribution is -2.20. The van der Waals surface area contributed by atoms with Crippen LogP contribution in [0.5, 0.6) is 5.75 Å². The van der Waals surface area contributed by atoms with E-state index in [1.54, 1.807) is 19.1 Å². The normalized spacial score (nSPS) is 11.3. The van der Waals surface area contributed by atoms with Gasteiger partial charge in [-0.2, -0.15) is 5.10 Å². The third-order valence-electron chi connectivity index (χ3n) is 3.26. The Morgan fingerprint density at radius 3 is 2.52 bits per heavy atom. The Bertz CT molecular complexity index is 706. The van der Waals surface area contributed by atoms with Crippen LogP contribution in [0.15, 0.2) is 47.6 Å². The fourth-order valence-electron chi connectivity index (χ4n) is 2.02. The first-order valence-corrected chi connectivity index (χ1v) is 6.69. The van der Waals surface area contributed by atoms with E-state index in [4.69, 9.17) is 0 Å². The van der Waals surface area contributed by atoms with Gasteiger partial charge in [0.25, 0.3) is 5.91 Å². The predicted octanol–water partition coefficient (Wildman–Crippen LogP) is 3.16. The summed E-state index contributed by atoms with van der Waals surface area (Å²) in [5, 5.41) is 13.9. The summed E-state index contributed by atoms with van der Waals surface area (Å²) in [6, 6.07) is 12.6. The van der Waals surface area contributed by atoms with E-state index in [0.29, 0.717) is 16.8 Å². The number of hydrogen-bond acceptors (Lipinski definition) is 3. The van der Waals surface area contributed by atoms with Gasteiger partial charge in [-0.1, -0.05) is 29.8 Å². The lowest BCUT2D eigenvalue weighted by atomic mass is 10.1. The van der Waals surface area contributed by atoms with Crippen molar-refractivity contribution in [2.24, 2.45) is 5.10 Å². The highest BCUT2D eigenvalue weighted by Gasteiger charge is 2.09. The molecule has 2 aromatic rings. The number of amides is 1. The van der Waals surface area contributed by atoms with Crippen LogP contribution in [0, 0.1) is 13.8 Å². The van der Waals surface area contributed by atoms with E-state index in [2.05, 4.69) is 10.5 Å². The molecular weight excluding hydrogens is 264 g/mol. The van der Waals surface area contributed by atoms with Crippen molar-refractivity contribution in [1.29, 1.82) is 0 Å². The molecule has 4 heteroatoms. The topological polar surface area (TPSA) is 61.7 Å². The molecule has 1 amide bonds. The Hall–Kier alpha value is -2.62. The molecule has 0 unspecified atom stereocenters. The molecule has 21 heavy (non-hydrogen) atoms. The molecule has 0 saturated carbocycles. The van der Waals surface area contributed by atoms with Gasteiger partial charge in [0.1, 0.15) is 5.75 Å².